The summed E-state index contributed by atoms with van der Waals surface area (Å²) in [5.41, 5.74) is 2.77. The molecule has 1 heterocycles. The number of benzene rings is 2. The van der Waals surface area contributed by atoms with Crippen LogP contribution in [0.15, 0.2) is 60.7 Å². The lowest BCUT2D eigenvalue weighted by atomic mass is 10.1. The Labute approximate surface area is 174 Å². The summed E-state index contributed by atoms with van der Waals surface area (Å²) in [5.74, 6) is -1.02. The molecule has 2 aromatic carbocycles. The monoisotopic (exact) mass is 411 g/mol. The third kappa shape index (κ3) is 5.68. The molecule has 1 N–H and O–H groups in total. The van der Waals surface area contributed by atoms with Gasteiger partial charge in [0, 0.05) is 6.54 Å². The van der Waals surface area contributed by atoms with Gasteiger partial charge in [0.15, 0.2) is 6.61 Å². The standard InChI is InChI=1S/C22H22ClN3O3/c1-16-20(21(23)26(25-16)14-18-10-6-3-7-11-18)22(28)29-15-19(27)24-13-12-17-8-4-2-5-9-17/h2-11H,12-15H2,1H3,(H,24,27). The van der Waals surface area contributed by atoms with Crippen molar-refractivity contribution in [2.75, 3.05) is 13.2 Å². The average molecular weight is 412 g/mol. The molecule has 0 unspecified atom stereocenters. The fourth-order valence-corrected chi connectivity index (χ4v) is 3.20. The van der Waals surface area contributed by atoms with Crippen LogP contribution in [0.3, 0.4) is 0 Å². The van der Waals surface area contributed by atoms with Crippen LogP contribution >= 0.6 is 11.6 Å². The maximum absolute atomic E-state index is 12.4. The Morgan fingerprint density at radius 3 is 2.31 bits per heavy atom. The zero-order valence-electron chi connectivity index (χ0n) is 16.1. The number of carbonyl (C=O) groups is 2. The molecule has 0 aliphatic carbocycles. The Bertz CT molecular complexity index is 972. The Hall–Kier alpha value is -3.12. The number of rotatable bonds is 8. The predicted molar refractivity (Wildman–Crippen MR) is 111 cm³/mol. The predicted octanol–water partition coefficient (Wildman–Crippen LogP) is 3.41. The topological polar surface area (TPSA) is 73.2 Å². The van der Waals surface area contributed by atoms with Crippen LogP contribution in [-0.4, -0.2) is 34.8 Å². The summed E-state index contributed by atoms with van der Waals surface area (Å²) >= 11 is 6.34. The second kappa shape index (κ2) is 9.89. The largest absolute Gasteiger partial charge is 0.452 e. The van der Waals surface area contributed by atoms with Crippen molar-refractivity contribution in [1.29, 1.82) is 0 Å². The SMILES string of the molecule is Cc1nn(Cc2ccccc2)c(Cl)c1C(=O)OCC(=O)NCCc1ccccc1. The molecule has 0 saturated carbocycles. The zero-order valence-corrected chi connectivity index (χ0v) is 16.9. The van der Waals surface area contributed by atoms with E-state index >= 15 is 0 Å². The zero-order chi connectivity index (χ0) is 20.6. The number of hydrogen-bond acceptors (Lipinski definition) is 4. The molecular formula is C22H22ClN3O3. The highest BCUT2D eigenvalue weighted by Crippen LogP contribution is 2.21. The molecule has 3 aromatic rings. The number of nitrogens with zero attached hydrogens (tertiary/aromatic N) is 2. The van der Waals surface area contributed by atoms with Crippen molar-refractivity contribution in [3.8, 4) is 0 Å². The van der Waals surface area contributed by atoms with Gasteiger partial charge in [-0.1, -0.05) is 72.3 Å². The molecule has 7 heteroatoms. The summed E-state index contributed by atoms with van der Waals surface area (Å²) < 4.78 is 6.67. The van der Waals surface area contributed by atoms with Crippen molar-refractivity contribution in [1.82, 2.24) is 15.1 Å². The summed E-state index contributed by atoms with van der Waals surface area (Å²) in [6.45, 7) is 2.22. The lowest BCUT2D eigenvalue weighted by molar-refractivity contribution is -0.124. The van der Waals surface area contributed by atoms with Crippen molar-refractivity contribution in [2.24, 2.45) is 0 Å². The number of amides is 1. The van der Waals surface area contributed by atoms with Crippen molar-refractivity contribution in [2.45, 2.75) is 19.9 Å². The molecule has 1 amide bonds. The van der Waals surface area contributed by atoms with E-state index in [2.05, 4.69) is 10.4 Å². The highest BCUT2D eigenvalue weighted by atomic mass is 35.5. The van der Waals surface area contributed by atoms with Crippen LogP contribution in [0.1, 0.15) is 27.2 Å². The molecule has 0 saturated heterocycles. The normalized spacial score (nSPS) is 10.6. The Kier molecular flexibility index (Phi) is 7.03. The number of aryl methyl sites for hydroxylation is 1. The Balaban J connectivity index is 1.52. The van der Waals surface area contributed by atoms with E-state index in [1.165, 1.54) is 0 Å². The highest BCUT2D eigenvalue weighted by molar-refractivity contribution is 6.32. The van der Waals surface area contributed by atoms with Crippen LogP contribution in [0.25, 0.3) is 0 Å². The second-order valence-electron chi connectivity index (χ2n) is 6.56. The maximum Gasteiger partial charge on any atom is 0.343 e. The number of halogens is 1. The van der Waals surface area contributed by atoms with Crippen LogP contribution in [0.4, 0.5) is 0 Å². The first-order valence-corrected chi connectivity index (χ1v) is 9.67. The van der Waals surface area contributed by atoms with Gasteiger partial charge in [0.25, 0.3) is 5.91 Å². The number of aromatic nitrogens is 2. The van der Waals surface area contributed by atoms with Gasteiger partial charge in [-0.2, -0.15) is 5.10 Å². The molecule has 0 spiro atoms. The van der Waals surface area contributed by atoms with E-state index in [1.54, 1.807) is 11.6 Å². The first-order valence-electron chi connectivity index (χ1n) is 9.29. The van der Waals surface area contributed by atoms with E-state index in [0.717, 1.165) is 11.1 Å². The molecule has 0 fully saturated rings. The van der Waals surface area contributed by atoms with Gasteiger partial charge >= 0.3 is 5.97 Å². The first-order chi connectivity index (χ1) is 14.0. The molecule has 150 valence electrons. The van der Waals surface area contributed by atoms with E-state index in [1.807, 2.05) is 60.7 Å². The third-order valence-corrected chi connectivity index (χ3v) is 4.74. The minimum absolute atomic E-state index is 0.180. The van der Waals surface area contributed by atoms with Gasteiger partial charge in [-0.25, -0.2) is 9.48 Å². The molecule has 1 aromatic heterocycles. The average Bonchev–Trinajstić information content (AvgIpc) is 3.01. The molecular weight excluding hydrogens is 390 g/mol. The minimum Gasteiger partial charge on any atom is -0.452 e. The summed E-state index contributed by atoms with van der Waals surface area (Å²) in [5, 5.41) is 7.25. The fourth-order valence-electron chi connectivity index (χ4n) is 2.89. The molecule has 0 aliphatic heterocycles. The van der Waals surface area contributed by atoms with Crippen LogP contribution in [0, 0.1) is 6.92 Å². The molecule has 0 aliphatic rings. The van der Waals surface area contributed by atoms with E-state index in [-0.39, 0.29) is 23.2 Å². The van der Waals surface area contributed by atoms with Gasteiger partial charge < -0.3 is 10.1 Å². The van der Waals surface area contributed by atoms with Gasteiger partial charge in [-0.15, -0.1) is 0 Å². The number of esters is 1. The minimum atomic E-state index is -0.662. The van der Waals surface area contributed by atoms with E-state index in [0.29, 0.717) is 25.2 Å². The van der Waals surface area contributed by atoms with Crippen molar-refractivity contribution in [3.63, 3.8) is 0 Å². The van der Waals surface area contributed by atoms with E-state index in [9.17, 15) is 9.59 Å². The van der Waals surface area contributed by atoms with Gasteiger partial charge in [0.05, 0.1) is 12.2 Å². The number of hydrogen-bond donors (Lipinski definition) is 1. The van der Waals surface area contributed by atoms with Crippen LogP contribution in [-0.2, 0) is 22.5 Å². The van der Waals surface area contributed by atoms with Gasteiger partial charge in [-0.05, 0) is 24.5 Å². The van der Waals surface area contributed by atoms with E-state index in [4.69, 9.17) is 16.3 Å². The first kappa shape index (κ1) is 20.6. The number of ether oxygens (including phenoxy) is 1. The van der Waals surface area contributed by atoms with E-state index < -0.39 is 5.97 Å². The second-order valence-corrected chi connectivity index (χ2v) is 6.91. The number of carbonyl (C=O) groups excluding carboxylic acids is 2. The van der Waals surface area contributed by atoms with Gasteiger partial charge in [0.2, 0.25) is 0 Å². The molecule has 0 atom stereocenters. The van der Waals surface area contributed by atoms with Crippen LogP contribution in [0.2, 0.25) is 5.15 Å². The Morgan fingerprint density at radius 2 is 1.66 bits per heavy atom. The third-order valence-electron chi connectivity index (χ3n) is 4.36. The summed E-state index contributed by atoms with van der Waals surface area (Å²) in [6.07, 6.45) is 0.706. The smallest absolute Gasteiger partial charge is 0.343 e. The number of nitrogens with one attached hydrogen (secondary N) is 1. The van der Waals surface area contributed by atoms with Crippen molar-refractivity contribution >= 4 is 23.5 Å². The summed E-state index contributed by atoms with van der Waals surface area (Å²) in [4.78, 5) is 24.4. The van der Waals surface area contributed by atoms with Crippen molar-refractivity contribution < 1.29 is 14.3 Å². The summed E-state index contributed by atoms with van der Waals surface area (Å²) in [6, 6.07) is 19.5. The molecule has 0 bridgehead atoms. The lowest BCUT2D eigenvalue weighted by Gasteiger charge is -2.07. The van der Waals surface area contributed by atoms with Gasteiger partial charge in [-0.3, -0.25) is 4.79 Å². The maximum atomic E-state index is 12.4. The molecule has 6 nitrogen and oxygen atoms in total. The van der Waals surface area contributed by atoms with Crippen molar-refractivity contribution in [3.05, 3.63) is 88.2 Å². The van der Waals surface area contributed by atoms with Gasteiger partial charge in [0.1, 0.15) is 10.7 Å². The molecule has 0 radical (unpaired) electrons. The fraction of sp³-hybridized carbons (Fsp3) is 0.227. The molecule has 3 rings (SSSR count). The lowest BCUT2D eigenvalue weighted by Crippen LogP contribution is -2.30. The Morgan fingerprint density at radius 1 is 1.03 bits per heavy atom. The molecule has 29 heavy (non-hydrogen) atoms. The van der Waals surface area contributed by atoms with Crippen LogP contribution in [0.5, 0.6) is 0 Å². The summed E-state index contributed by atoms with van der Waals surface area (Å²) in [7, 11) is 0. The van der Waals surface area contributed by atoms with Crippen LogP contribution < -0.4 is 5.32 Å². The quantitative estimate of drug-likeness (QED) is 0.576. The highest BCUT2D eigenvalue weighted by Gasteiger charge is 2.22.